The molecule has 0 saturated heterocycles. The molecule has 0 atom stereocenters. The lowest BCUT2D eigenvalue weighted by Crippen LogP contribution is -2.29. The minimum absolute atomic E-state index is 0.215. The first kappa shape index (κ1) is 15.5. The number of benzene rings is 1. The van der Waals surface area contributed by atoms with Gasteiger partial charge in [0.2, 0.25) is 0 Å². The summed E-state index contributed by atoms with van der Waals surface area (Å²) in [6.07, 6.45) is 1.49. The fourth-order valence-corrected chi connectivity index (χ4v) is 2.33. The van der Waals surface area contributed by atoms with E-state index < -0.39 is 11.5 Å². The van der Waals surface area contributed by atoms with Gasteiger partial charge in [0.25, 0.3) is 11.5 Å². The number of pyridine rings is 2. The highest BCUT2D eigenvalue weighted by Crippen LogP contribution is 2.23. The molecule has 0 aliphatic heterocycles. The number of aromatic hydroxyl groups is 1. The summed E-state index contributed by atoms with van der Waals surface area (Å²) in [5, 5.41) is 13.2. The normalized spacial score (nSPS) is 10.5. The maximum Gasteiger partial charge on any atom is 0.266 e. The average molecular weight is 325 g/mol. The lowest BCUT2D eigenvalue weighted by atomic mass is 10.1. The van der Waals surface area contributed by atoms with Crippen LogP contribution in [-0.4, -0.2) is 28.1 Å². The third kappa shape index (κ3) is 2.91. The molecule has 2 heterocycles. The van der Waals surface area contributed by atoms with Gasteiger partial charge >= 0.3 is 0 Å². The molecule has 0 spiro atoms. The van der Waals surface area contributed by atoms with Crippen LogP contribution in [-0.2, 0) is 6.54 Å². The van der Waals surface area contributed by atoms with Crippen molar-refractivity contribution in [2.75, 3.05) is 7.11 Å². The fourth-order valence-electron chi connectivity index (χ4n) is 2.33. The number of carbonyl (C=O) groups is 1. The van der Waals surface area contributed by atoms with Gasteiger partial charge in [-0.25, -0.2) is 4.98 Å². The van der Waals surface area contributed by atoms with Crippen molar-refractivity contribution in [2.45, 2.75) is 6.54 Å². The minimum atomic E-state index is -0.689. The molecule has 2 aromatic heterocycles. The zero-order valence-electron chi connectivity index (χ0n) is 12.9. The highest BCUT2D eigenvalue weighted by molar-refractivity contribution is 6.01. The molecule has 7 nitrogen and oxygen atoms in total. The maximum absolute atomic E-state index is 12.3. The van der Waals surface area contributed by atoms with Gasteiger partial charge in [-0.3, -0.25) is 9.59 Å². The maximum atomic E-state index is 12.3. The van der Waals surface area contributed by atoms with E-state index in [9.17, 15) is 14.7 Å². The Morgan fingerprint density at radius 2 is 2.04 bits per heavy atom. The Balaban J connectivity index is 1.84. The van der Waals surface area contributed by atoms with Crippen LogP contribution in [0.5, 0.6) is 11.5 Å². The Hall–Kier alpha value is -3.35. The van der Waals surface area contributed by atoms with Crippen LogP contribution in [0.3, 0.4) is 0 Å². The summed E-state index contributed by atoms with van der Waals surface area (Å²) in [7, 11) is 1.57. The quantitative estimate of drug-likeness (QED) is 0.675. The highest BCUT2D eigenvalue weighted by atomic mass is 16.5. The second-order valence-electron chi connectivity index (χ2n) is 5.11. The number of amides is 1. The van der Waals surface area contributed by atoms with E-state index in [2.05, 4.69) is 15.3 Å². The Morgan fingerprint density at radius 3 is 2.75 bits per heavy atom. The van der Waals surface area contributed by atoms with Crippen molar-refractivity contribution in [1.29, 1.82) is 0 Å². The van der Waals surface area contributed by atoms with Gasteiger partial charge in [0.1, 0.15) is 22.7 Å². The molecule has 7 heteroatoms. The average Bonchev–Trinajstić information content (AvgIpc) is 2.60. The van der Waals surface area contributed by atoms with E-state index in [0.717, 1.165) is 5.56 Å². The summed E-state index contributed by atoms with van der Waals surface area (Å²) in [5.41, 5.74) is 0.0455. The Kier molecular flexibility index (Phi) is 4.15. The molecular weight excluding hydrogens is 310 g/mol. The molecule has 1 aromatic carbocycles. The van der Waals surface area contributed by atoms with E-state index in [1.165, 1.54) is 6.20 Å². The Bertz CT molecular complexity index is 948. The predicted octanol–water partition coefficient (Wildman–Crippen LogP) is 1.57. The van der Waals surface area contributed by atoms with Crippen molar-refractivity contribution in [2.24, 2.45) is 0 Å². The van der Waals surface area contributed by atoms with Gasteiger partial charge in [-0.2, -0.15) is 0 Å². The summed E-state index contributed by atoms with van der Waals surface area (Å²) in [6.45, 7) is 0.215. The first-order valence-corrected chi connectivity index (χ1v) is 7.21. The Labute approximate surface area is 136 Å². The van der Waals surface area contributed by atoms with E-state index in [1.807, 2.05) is 0 Å². The first-order valence-electron chi connectivity index (χ1n) is 7.21. The van der Waals surface area contributed by atoms with Crippen LogP contribution in [0.4, 0.5) is 0 Å². The SMILES string of the molecule is COc1ccc(CNC(=O)c2c(O)c3cccnc3[nH]c2=O)cc1. The number of rotatable bonds is 4. The Morgan fingerprint density at radius 1 is 1.29 bits per heavy atom. The molecule has 1 amide bonds. The third-order valence-electron chi connectivity index (χ3n) is 3.60. The highest BCUT2D eigenvalue weighted by Gasteiger charge is 2.19. The van der Waals surface area contributed by atoms with E-state index in [-0.39, 0.29) is 23.5 Å². The van der Waals surface area contributed by atoms with Crippen LogP contribution in [0, 0.1) is 0 Å². The molecule has 122 valence electrons. The van der Waals surface area contributed by atoms with Crippen LogP contribution < -0.4 is 15.6 Å². The van der Waals surface area contributed by atoms with Crippen molar-refractivity contribution < 1.29 is 14.6 Å². The summed E-state index contributed by atoms with van der Waals surface area (Å²) < 4.78 is 5.06. The second kappa shape index (κ2) is 6.41. The monoisotopic (exact) mass is 325 g/mol. The summed E-state index contributed by atoms with van der Waals surface area (Å²) in [6, 6.07) is 10.3. The topological polar surface area (TPSA) is 104 Å². The molecule has 3 N–H and O–H groups in total. The van der Waals surface area contributed by atoms with Crippen LogP contribution in [0.2, 0.25) is 0 Å². The number of carbonyl (C=O) groups excluding carboxylic acids is 1. The number of nitrogens with one attached hydrogen (secondary N) is 2. The lowest BCUT2D eigenvalue weighted by Gasteiger charge is -2.08. The van der Waals surface area contributed by atoms with E-state index in [4.69, 9.17) is 4.74 Å². The first-order chi connectivity index (χ1) is 11.6. The molecule has 3 rings (SSSR count). The standard InChI is InChI=1S/C17H15N3O4/c1-24-11-6-4-10(5-7-11)9-19-16(22)13-14(21)12-3-2-8-18-15(12)20-17(13)23/h2-8H,9H2,1H3,(H,19,22)(H2,18,20,21,23). The molecule has 0 radical (unpaired) electrons. The molecule has 0 unspecified atom stereocenters. The van der Waals surface area contributed by atoms with Gasteiger partial charge in [-0.05, 0) is 29.8 Å². The number of hydrogen-bond donors (Lipinski definition) is 3. The third-order valence-corrected chi connectivity index (χ3v) is 3.60. The molecule has 0 saturated carbocycles. The van der Waals surface area contributed by atoms with Gasteiger partial charge in [-0.15, -0.1) is 0 Å². The summed E-state index contributed by atoms with van der Waals surface area (Å²) in [5.74, 6) is -0.328. The van der Waals surface area contributed by atoms with Crippen molar-refractivity contribution in [1.82, 2.24) is 15.3 Å². The van der Waals surface area contributed by atoms with E-state index >= 15 is 0 Å². The number of ether oxygens (including phenoxy) is 1. The smallest absolute Gasteiger partial charge is 0.266 e. The van der Waals surface area contributed by atoms with Crippen molar-refractivity contribution in [3.63, 3.8) is 0 Å². The van der Waals surface area contributed by atoms with Crippen LogP contribution in [0.15, 0.2) is 47.4 Å². The zero-order valence-corrected chi connectivity index (χ0v) is 12.9. The number of aromatic amines is 1. The van der Waals surface area contributed by atoms with E-state index in [1.54, 1.807) is 43.5 Å². The summed E-state index contributed by atoms with van der Waals surface area (Å²) in [4.78, 5) is 30.8. The van der Waals surface area contributed by atoms with E-state index in [0.29, 0.717) is 11.1 Å². The molecular formula is C17H15N3O4. The van der Waals surface area contributed by atoms with Gasteiger partial charge < -0.3 is 20.1 Å². The largest absolute Gasteiger partial charge is 0.506 e. The molecule has 3 aromatic rings. The molecule has 0 aliphatic rings. The predicted molar refractivity (Wildman–Crippen MR) is 88.2 cm³/mol. The molecule has 0 bridgehead atoms. The van der Waals surface area contributed by atoms with Crippen LogP contribution in [0.25, 0.3) is 11.0 Å². The van der Waals surface area contributed by atoms with Crippen LogP contribution in [0.1, 0.15) is 15.9 Å². The van der Waals surface area contributed by atoms with Crippen molar-refractivity contribution in [3.05, 3.63) is 64.1 Å². The van der Waals surface area contributed by atoms with Crippen LogP contribution >= 0.6 is 0 Å². The second-order valence-corrected chi connectivity index (χ2v) is 5.11. The van der Waals surface area contributed by atoms with Gasteiger partial charge in [0.15, 0.2) is 0 Å². The number of aromatic nitrogens is 2. The molecule has 0 aliphatic carbocycles. The van der Waals surface area contributed by atoms with Crippen molar-refractivity contribution in [3.8, 4) is 11.5 Å². The lowest BCUT2D eigenvalue weighted by molar-refractivity contribution is 0.0947. The molecule has 24 heavy (non-hydrogen) atoms. The van der Waals surface area contributed by atoms with Crippen molar-refractivity contribution >= 4 is 16.9 Å². The number of hydrogen-bond acceptors (Lipinski definition) is 5. The fraction of sp³-hybridized carbons (Fsp3) is 0.118. The number of fused-ring (bicyclic) bond motifs is 1. The number of nitrogens with zero attached hydrogens (tertiary/aromatic N) is 1. The van der Waals surface area contributed by atoms with Gasteiger partial charge in [0.05, 0.1) is 12.5 Å². The van der Waals surface area contributed by atoms with Gasteiger partial charge in [0, 0.05) is 12.7 Å². The summed E-state index contributed by atoms with van der Waals surface area (Å²) >= 11 is 0. The minimum Gasteiger partial charge on any atom is -0.506 e. The molecule has 0 fully saturated rings. The zero-order chi connectivity index (χ0) is 17.1. The number of methoxy groups -OCH3 is 1. The number of H-pyrrole nitrogens is 1. The van der Waals surface area contributed by atoms with Gasteiger partial charge in [-0.1, -0.05) is 12.1 Å².